The molecule has 0 saturated carbocycles. The van der Waals surface area contributed by atoms with Crippen LogP contribution >= 0.6 is 0 Å². The van der Waals surface area contributed by atoms with E-state index < -0.39 is 23.1 Å². The molecule has 2 aromatic heterocycles. The minimum Gasteiger partial charge on any atom is -0.214 e. The van der Waals surface area contributed by atoms with E-state index in [9.17, 15) is 13.2 Å². The van der Waals surface area contributed by atoms with E-state index in [1.165, 1.54) is 0 Å². The molecule has 0 unspecified atom stereocenters. The summed E-state index contributed by atoms with van der Waals surface area (Å²) in [6, 6.07) is 2.38. The molecule has 0 spiro atoms. The minimum absolute atomic E-state index is 0.0381. The lowest BCUT2D eigenvalue weighted by molar-refractivity contribution is -0.141. The first-order valence-electron chi connectivity index (χ1n) is 5.38. The summed E-state index contributed by atoms with van der Waals surface area (Å²) in [5.74, 6) is -0.0852. The van der Waals surface area contributed by atoms with Gasteiger partial charge in [-0.15, -0.1) is 5.10 Å². The van der Waals surface area contributed by atoms with Crippen molar-refractivity contribution in [3.05, 3.63) is 23.4 Å². The number of nitriles is 1. The zero-order chi connectivity index (χ0) is 14.4. The Morgan fingerprint density at radius 2 is 1.84 bits per heavy atom. The van der Waals surface area contributed by atoms with Crippen LogP contribution in [0.3, 0.4) is 0 Å². The van der Waals surface area contributed by atoms with Crippen molar-refractivity contribution in [3.8, 4) is 6.07 Å². The fourth-order valence-corrected chi connectivity index (χ4v) is 1.42. The molecule has 100 valence electrons. The lowest BCUT2D eigenvalue weighted by atomic mass is 9.96. The highest BCUT2D eigenvalue weighted by Crippen LogP contribution is 2.29. The van der Waals surface area contributed by atoms with E-state index in [0.717, 1.165) is 10.6 Å². The van der Waals surface area contributed by atoms with E-state index in [-0.39, 0.29) is 5.65 Å². The number of aromatic nitrogens is 4. The van der Waals surface area contributed by atoms with Crippen LogP contribution in [-0.2, 0) is 11.6 Å². The predicted octanol–water partition coefficient (Wildman–Crippen LogP) is 2.31. The average Bonchev–Trinajstić information content (AvgIpc) is 2.69. The number of hydrogen-bond acceptors (Lipinski definition) is 4. The Labute approximate surface area is 106 Å². The average molecular weight is 269 g/mol. The summed E-state index contributed by atoms with van der Waals surface area (Å²) in [6.07, 6.45) is -4.62. The molecule has 0 N–H and O–H groups in total. The van der Waals surface area contributed by atoms with E-state index in [2.05, 4.69) is 15.1 Å². The van der Waals surface area contributed by atoms with Crippen molar-refractivity contribution in [3.63, 3.8) is 0 Å². The molecule has 0 aliphatic carbocycles. The summed E-state index contributed by atoms with van der Waals surface area (Å²) in [7, 11) is 0. The fourth-order valence-electron chi connectivity index (χ4n) is 1.42. The van der Waals surface area contributed by atoms with E-state index in [0.29, 0.717) is 5.82 Å². The van der Waals surface area contributed by atoms with Crippen LogP contribution in [-0.4, -0.2) is 19.6 Å². The van der Waals surface area contributed by atoms with Crippen molar-refractivity contribution in [2.24, 2.45) is 0 Å². The monoisotopic (exact) mass is 269 g/mol. The van der Waals surface area contributed by atoms with Gasteiger partial charge in [0.25, 0.3) is 0 Å². The van der Waals surface area contributed by atoms with Crippen LogP contribution in [0, 0.1) is 11.3 Å². The zero-order valence-electron chi connectivity index (χ0n) is 10.4. The molecule has 0 saturated heterocycles. The van der Waals surface area contributed by atoms with Gasteiger partial charge in [0.15, 0.2) is 17.2 Å². The molecule has 0 radical (unpaired) electrons. The molecular formula is C11H10F3N5. The number of fused-ring (bicyclic) bond motifs is 1. The molecular weight excluding hydrogens is 259 g/mol. The molecule has 0 fully saturated rings. The quantitative estimate of drug-likeness (QED) is 0.736. The number of hydrogen-bond donors (Lipinski definition) is 0. The largest absolute Gasteiger partial charge is 0.433 e. The van der Waals surface area contributed by atoms with E-state index in [4.69, 9.17) is 5.26 Å². The second kappa shape index (κ2) is 3.91. The number of rotatable bonds is 0. The molecule has 5 nitrogen and oxygen atoms in total. The van der Waals surface area contributed by atoms with Gasteiger partial charge in [0.05, 0.1) is 0 Å². The molecule has 0 aliphatic rings. The van der Waals surface area contributed by atoms with Crippen LogP contribution < -0.4 is 0 Å². The van der Waals surface area contributed by atoms with Gasteiger partial charge in [0, 0.05) is 11.5 Å². The van der Waals surface area contributed by atoms with E-state index >= 15 is 0 Å². The van der Waals surface area contributed by atoms with Crippen LogP contribution in [0.5, 0.6) is 0 Å². The third-order valence-electron chi connectivity index (χ3n) is 2.39. The Kier molecular flexibility index (Phi) is 2.73. The fraction of sp³-hybridized carbons (Fsp3) is 0.455. The molecule has 2 rings (SSSR count). The lowest BCUT2D eigenvalue weighted by Gasteiger charge is -2.11. The van der Waals surface area contributed by atoms with Gasteiger partial charge in [-0.2, -0.15) is 22.9 Å². The van der Waals surface area contributed by atoms with Crippen LogP contribution in [0.1, 0.15) is 38.1 Å². The molecule has 8 heteroatoms. The van der Waals surface area contributed by atoms with Crippen molar-refractivity contribution in [1.29, 1.82) is 5.26 Å². The summed E-state index contributed by atoms with van der Waals surface area (Å²) in [6.45, 7) is 5.48. The van der Waals surface area contributed by atoms with Crippen molar-refractivity contribution in [1.82, 2.24) is 19.6 Å². The number of nitrogens with zero attached hydrogens (tertiary/aromatic N) is 5. The Morgan fingerprint density at radius 1 is 1.21 bits per heavy atom. The van der Waals surface area contributed by atoms with Crippen molar-refractivity contribution >= 4 is 5.65 Å². The summed E-state index contributed by atoms with van der Waals surface area (Å²) in [5, 5.41) is 12.9. The van der Waals surface area contributed by atoms with Gasteiger partial charge < -0.3 is 0 Å². The first-order chi connectivity index (χ1) is 8.63. The van der Waals surface area contributed by atoms with Crippen LogP contribution in [0.2, 0.25) is 0 Å². The van der Waals surface area contributed by atoms with Crippen LogP contribution in [0.25, 0.3) is 5.65 Å². The standard InChI is InChI=1S/C11H10F3N5/c1-10(2,3)9-17-7-4-6(11(12,13)14)16-8(5-15)19(7)18-9/h4H,1-3H3. The van der Waals surface area contributed by atoms with Gasteiger partial charge in [-0.1, -0.05) is 20.8 Å². The molecule has 0 amide bonds. The van der Waals surface area contributed by atoms with Crippen molar-refractivity contribution in [2.45, 2.75) is 32.4 Å². The third-order valence-corrected chi connectivity index (χ3v) is 2.39. The molecule has 19 heavy (non-hydrogen) atoms. The van der Waals surface area contributed by atoms with Gasteiger partial charge in [-0.3, -0.25) is 0 Å². The molecule has 2 heterocycles. The number of halogens is 3. The number of alkyl halides is 3. The first-order valence-corrected chi connectivity index (χ1v) is 5.38. The highest BCUT2D eigenvalue weighted by Gasteiger charge is 2.34. The van der Waals surface area contributed by atoms with Gasteiger partial charge >= 0.3 is 6.18 Å². The van der Waals surface area contributed by atoms with E-state index in [1.807, 2.05) is 20.8 Å². The Balaban J connectivity index is 2.75. The highest BCUT2D eigenvalue weighted by atomic mass is 19.4. The molecule has 0 atom stereocenters. The zero-order valence-corrected chi connectivity index (χ0v) is 10.4. The Morgan fingerprint density at radius 3 is 2.32 bits per heavy atom. The van der Waals surface area contributed by atoms with Crippen LogP contribution in [0.4, 0.5) is 13.2 Å². The van der Waals surface area contributed by atoms with Gasteiger partial charge in [-0.25, -0.2) is 9.97 Å². The SMILES string of the molecule is CC(C)(C)c1nc2cc(C(F)(F)F)nc(C#N)n2n1. The van der Waals surface area contributed by atoms with Crippen molar-refractivity contribution in [2.75, 3.05) is 0 Å². The van der Waals surface area contributed by atoms with Gasteiger partial charge in [0.1, 0.15) is 6.07 Å². The Hall–Kier alpha value is -2.17. The maximum Gasteiger partial charge on any atom is 0.433 e. The third kappa shape index (κ3) is 2.36. The molecule has 0 aliphatic heterocycles. The summed E-state index contributed by atoms with van der Waals surface area (Å²) >= 11 is 0. The smallest absolute Gasteiger partial charge is 0.214 e. The summed E-state index contributed by atoms with van der Waals surface area (Å²) in [5.41, 5.74) is -1.62. The van der Waals surface area contributed by atoms with Crippen molar-refractivity contribution < 1.29 is 13.2 Å². The highest BCUT2D eigenvalue weighted by molar-refractivity contribution is 5.42. The maximum atomic E-state index is 12.6. The topological polar surface area (TPSA) is 66.9 Å². The molecule has 0 bridgehead atoms. The molecule has 0 aromatic carbocycles. The molecule has 2 aromatic rings. The van der Waals surface area contributed by atoms with E-state index in [1.54, 1.807) is 6.07 Å². The summed E-state index contributed by atoms with van der Waals surface area (Å²) in [4.78, 5) is 7.29. The Bertz CT molecular complexity index is 672. The second-order valence-corrected chi connectivity index (χ2v) is 5.03. The minimum atomic E-state index is -4.62. The van der Waals surface area contributed by atoms with Gasteiger partial charge in [-0.05, 0) is 0 Å². The van der Waals surface area contributed by atoms with Crippen LogP contribution in [0.15, 0.2) is 6.07 Å². The lowest BCUT2D eigenvalue weighted by Crippen LogP contribution is -2.14. The maximum absolute atomic E-state index is 12.6. The first kappa shape index (κ1) is 13.3. The summed E-state index contributed by atoms with van der Waals surface area (Å²) < 4.78 is 39.0. The predicted molar refractivity (Wildman–Crippen MR) is 59.2 cm³/mol. The normalized spacial score (nSPS) is 12.7. The second-order valence-electron chi connectivity index (χ2n) is 5.03. The van der Waals surface area contributed by atoms with Gasteiger partial charge in [0.2, 0.25) is 5.82 Å².